The van der Waals surface area contributed by atoms with E-state index >= 15 is 0 Å². The van der Waals surface area contributed by atoms with Crippen molar-refractivity contribution in [1.82, 2.24) is 5.43 Å². The number of nitrogens with zero attached hydrogens (tertiary/aromatic N) is 1. The average Bonchev–Trinajstić information content (AvgIpc) is 2.54. The van der Waals surface area contributed by atoms with Gasteiger partial charge in [-0.25, -0.2) is 0 Å². The second kappa shape index (κ2) is 7.56. The first-order chi connectivity index (χ1) is 10.6. The minimum atomic E-state index is 0.413. The number of para-hydroxylation sites is 2. The maximum Gasteiger partial charge on any atom is 0.191 e. The fraction of sp³-hybridized carbons (Fsp3) is 0.176. The maximum atomic E-state index is 5.27. The monoisotopic (exact) mass is 313 g/mol. The van der Waals surface area contributed by atoms with Gasteiger partial charge in [0.15, 0.2) is 5.11 Å². The van der Waals surface area contributed by atoms with Crippen molar-refractivity contribution in [2.45, 2.75) is 13.8 Å². The molecule has 0 radical (unpaired) electrons. The number of hydrogen-bond acceptors (Lipinski definition) is 3. The number of ether oxygens (including phenoxy) is 1. The van der Waals surface area contributed by atoms with E-state index in [2.05, 4.69) is 34.9 Å². The Balaban J connectivity index is 2.00. The summed E-state index contributed by atoms with van der Waals surface area (Å²) in [5, 5.41) is 7.78. The van der Waals surface area contributed by atoms with Gasteiger partial charge in [0.25, 0.3) is 0 Å². The summed E-state index contributed by atoms with van der Waals surface area (Å²) in [5.41, 5.74) is 6.78. The number of nitrogens with one attached hydrogen (secondary N) is 2. The SMILES string of the molecule is COc1ccccc1NC(=S)N/N=C(\C)c1ccc(C)cc1. The van der Waals surface area contributed by atoms with Crippen LogP contribution in [0, 0.1) is 6.92 Å². The lowest BCUT2D eigenvalue weighted by Crippen LogP contribution is -2.25. The number of aryl methyl sites for hydroxylation is 1. The lowest BCUT2D eigenvalue weighted by molar-refractivity contribution is 0.417. The lowest BCUT2D eigenvalue weighted by Gasteiger charge is -2.11. The molecule has 0 aromatic heterocycles. The predicted octanol–water partition coefficient (Wildman–Crippen LogP) is 3.71. The van der Waals surface area contributed by atoms with Crippen molar-refractivity contribution in [3.63, 3.8) is 0 Å². The Bertz CT molecular complexity index is 681. The number of methoxy groups -OCH3 is 1. The molecule has 0 saturated carbocycles. The van der Waals surface area contributed by atoms with Crippen molar-refractivity contribution in [3.05, 3.63) is 59.7 Å². The highest BCUT2D eigenvalue weighted by Gasteiger charge is 2.03. The molecule has 0 heterocycles. The Morgan fingerprint density at radius 3 is 2.45 bits per heavy atom. The molecule has 0 atom stereocenters. The van der Waals surface area contributed by atoms with Crippen LogP contribution in [0.15, 0.2) is 53.6 Å². The number of benzene rings is 2. The van der Waals surface area contributed by atoms with Gasteiger partial charge in [0, 0.05) is 0 Å². The highest BCUT2D eigenvalue weighted by Crippen LogP contribution is 2.22. The Kier molecular flexibility index (Phi) is 5.49. The smallest absolute Gasteiger partial charge is 0.191 e. The zero-order valence-electron chi connectivity index (χ0n) is 12.9. The molecule has 2 aromatic carbocycles. The molecule has 0 unspecified atom stereocenters. The van der Waals surface area contributed by atoms with Gasteiger partial charge in [-0.2, -0.15) is 5.10 Å². The summed E-state index contributed by atoms with van der Waals surface area (Å²) in [7, 11) is 1.62. The molecule has 0 bridgehead atoms. The van der Waals surface area contributed by atoms with E-state index in [0.717, 1.165) is 22.7 Å². The molecule has 0 fully saturated rings. The van der Waals surface area contributed by atoms with Crippen LogP contribution >= 0.6 is 12.2 Å². The van der Waals surface area contributed by atoms with E-state index in [9.17, 15) is 0 Å². The summed E-state index contributed by atoms with van der Waals surface area (Å²) in [6.07, 6.45) is 0. The standard InChI is InChI=1S/C17H19N3OS/c1-12-8-10-14(11-9-12)13(2)19-20-17(22)18-15-6-4-5-7-16(15)21-3/h4-11H,1-3H3,(H2,18,20,22)/b19-13+. The summed E-state index contributed by atoms with van der Waals surface area (Å²) >= 11 is 5.25. The summed E-state index contributed by atoms with van der Waals surface area (Å²) in [6.45, 7) is 3.99. The fourth-order valence-corrected chi connectivity index (χ4v) is 2.05. The minimum absolute atomic E-state index is 0.413. The Morgan fingerprint density at radius 1 is 1.09 bits per heavy atom. The van der Waals surface area contributed by atoms with Crippen LogP contribution in [0.3, 0.4) is 0 Å². The van der Waals surface area contributed by atoms with E-state index < -0.39 is 0 Å². The molecule has 0 spiro atoms. The summed E-state index contributed by atoms with van der Waals surface area (Å²) in [5.74, 6) is 0.728. The van der Waals surface area contributed by atoms with Crippen LogP contribution in [0.4, 0.5) is 5.69 Å². The zero-order chi connectivity index (χ0) is 15.9. The first kappa shape index (κ1) is 16.0. The van der Waals surface area contributed by atoms with Gasteiger partial charge in [0.2, 0.25) is 0 Å². The van der Waals surface area contributed by atoms with Crippen LogP contribution in [0.1, 0.15) is 18.1 Å². The molecule has 2 rings (SSSR count). The number of thiocarbonyl (C=S) groups is 1. The van der Waals surface area contributed by atoms with Gasteiger partial charge in [-0.15, -0.1) is 0 Å². The van der Waals surface area contributed by atoms with Crippen LogP contribution in [-0.2, 0) is 0 Å². The van der Waals surface area contributed by atoms with E-state index in [4.69, 9.17) is 17.0 Å². The van der Waals surface area contributed by atoms with Gasteiger partial charge < -0.3 is 10.1 Å². The molecule has 0 amide bonds. The van der Waals surface area contributed by atoms with Gasteiger partial charge in [0.1, 0.15) is 5.75 Å². The number of rotatable bonds is 4. The van der Waals surface area contributed by atoms with Crippen LogP contribution in [0.2, 0.25) is 0 Å². The molecule has 22 heavy (non-hydrogen) atoms. The molecule has 0 saturated heterocycles. The van der Waals surface area contributed by atoms with E-state index in [0.29, 0.717) is 5.11 Å². The van der Waals surface area contributed by atoms with Gasteiger partial charge in [-0.1, -0.05) is 42.0 Å². The van der Waals surface area contributed by atoms with E-state index in [1.54, 1.807) is 7.11 Å². The minimum Gasteiger partial charge on any atom is -0.495 e. The van der Waals surface area contributed by atoms with Crippen molar-refractivity contribution < 1.29 is 4.74 Å². The number of hydrogen-bond donors (Lipinski definition) is 2. The maximum absolute atomic E-state index is 5.27. The van der Waals surface area contributed by atoms with Crippen molar-refractivity contribution in [3.8, 4) is 5.75 Å². The molecule has 2 aromatic rings. The van der Waals surface area contributed by atoms with Crippen LogP contribution in [-0.4, -0.2) is 17.9 Å². The molecule has 4 nitrogen and oxygen atoms in total. The lowest BCUT2D eigenvalue weighted by atomic mass is 10.1. The summed E-state index contributed by atoms with van der Waals surface area (Å²) < 4.78 is 5.27. The highest BCUT2D eigenvalue weighted by atomic mass is 32.1. The molecular formula is C17H19N3OS. The summed E-state index contributed by atoms with van der Waals surface area (Å²) in [6, 6.07) is 15.8. The Morgan fingerprint density at radius 2 is 1.77 bits per heavy atom. The Hall–Kier alpha value is -2.40. The predicted molar refractivity (Wildman–Crippen MR) is 95.7 cm³/mol. The quantitative estimate of drug-likeness (QED) is 0.513. The normalized spacial score (nSPS) is 11.0. The van der Waals surface area contributed by atoms with Gasteiger partial charge in [0.05, 0.1) is 18.5 Å². The zero-order valence-corrected chi connectivity index (χ0v) is 13.7. The number of anilines is 1. The third kappa shape index (κ3) is 4.30. The average molecular weight is 313 g/mol. The second-order valence-corrected chi connectivity index (χ2v) is 5.24. The molecular weight excluding hydrogens is 294 g/mol. The second-order valence-electron chi connectivity index (χ2n) is 4.83. The molecule has 0 aliphatic rings. The molecule has 114 valence electrons. The molecule has 2 N–H and O–H groups in total. The first-order valence-electron chi connectivity index (χ1n) is 6.91. The van der Waals surface area contributed by atoms with E-state index in [1.165, 1.54) is 5.56 Å². The fourth-order valence-electron chi connectivity index (χ4n) is 1.89. The van der Waals surface area contributed by atoms with Gasteiger partial charge in [-0.05, 0) is 43.8 Å². The van der Waals surface area contributed by atoms with Crippen LogP contribution in [0.25, 0.3) is 0 Å². The van der Waals surface area contributed by atoms with Crippen molar-refractivity contribution in [2.24, 2.45) is 5.10 Å². The highest BCUT2D eigenvalue weighted by molar-refractivity contribution is 7.80. The number of hydrazone groups is 1. The molecule has 5 heteroatoms. The Labute approximate surface area is 136 Å². The van der Waals surface area contributed by atoms with Crippen LogP contribution in [0.5, 0.6) is 5.75 Å². The van der Waals surface area contributed by atoms with E-state index in [1.807, 2.05) is 43.3 Å². The third-order valence-corrected chi connectivity index (χ3v) is 3.34. The van der Waals surface area contributed by atoms with Gasteiger partial charge >= 0.3 is 0 Å². The topological polar surface area (TPSA) is 45.6 Å². The largest absolute Gasteiger partial charge is 0.495 e. The third-order valence-electron chi connectivity index (χ3n) is 3.15. The van der Waals surface area contributed by atoms with E-state index in [-0.39, 0.29) is 0 Å². The van der Waals surface area contributed by atoms with Crippen molar-refractivity contribution in [2.75, 3.05) is 12.4 Å². The first-order valence-corrected chi connectivity index (χ1v) is 7.32. The molecule has 0 aliphatic heterocycles. The van der Waals surface area contributed by atoms with Gasteiger partial charge in [-0.3, -0.25) is 5.43 Å². The van der Waals surface area contributed by atoms with Crippen molar-refractivity contribution >= 4 is 28.7 Å². The summed E-state index contributed by atoms with van der Waals surface area (Å²) in [4.78, 5) is 0. The molecule has 0 aliphatic carbocycles. The van der Waals surface area contributed by atoms with Crippen molar-refractivity contribution in [1.29, 1.82) is 0 Å². The van der Waals surface area contributed by atoms with Crippen LogP contribution < -0.4 is 15.5 Å².